The summed E-state index contributed by atoms with van der Waals surface area (Å²) in [6.07, 6.45) is 3.87. The highest BCUT2D eigenvalue weighted by atomic mass is 16.5. The van der Waals surface area contributed by atoms with E-state index in [0.717, 1.165) is 25.1 Å². The Bertz CT molecular complexity index is 931. The first kappa shape index (κ1) is 18.1. The molecule has 1 fully saturated rings. The van der Waals surface area contributed by atoms with Gasteiger partial charge in [0, 0.05) is 18.2 Å². The summed E-state index contributed by atoms with van der Waals surface area (Å²) in [7, 11) is 0. The summed E-state index contributed by atoms with van der Waals surface area (Å²) >= 11 is 0. The molecule has 1 saturated heterocycles. The summed E-state index contributed by atoms with van der Waals surface area (Å²) < 4.78 is 12.8. The minimum Gasteiger partial charge on any atom is -0.491 e. The molecule has 1 atom stereocenters. The second-order valence-corrected chi connectivity index (χ2v) is 6.59. The molecule has 0 aliphatic carbocycles. The van der Waals surface area contributed by atoms with Crippen molar-refractivity contribution >= 4 is 11.7 Å². The van der Waals surface area contributed by atoms with Crippen molar-refractivity contribution in [2.24, 2.45) is 0 Å². The summed E-state index contributed by atoms with van der Waals surface area (Å²) in [5, 5.41) is 15.2. The Kier molecular flexibility index (Phi) is 5.29. The zero-order valence-electron chi connectivity index (χ0n) is 15.5. The third kappa shape index (κ3) is 4.17. The van der Waals surface area contributed by atoms with Crippen molar-refractivity contribution < 1.29 is 14.3 Å². The molecule has 28 heavy (non-hydrogen) atoms. The number of rotatable bonds is 6. The largest absolute Gasteiger partial charge is 0.491 e. The Morgan fingerprint density at radius 3 is 2.79 bits per heavy atom. The van der Waals surface area contributed by atoms with Gasteiger partial charge in [-0.3, -0.25) is 4.79 Å². The van der Waals surface area contributed by atoms with Crippen LogP contribution < -0.4 is 10.1 Å². The highest BCUT2D eigenvalue weighted by Crippen LogP contribution is 2.18. The van der Waals surface area contributed by atoms with Crippen LogP contribution in [0.2, 0.25) is 0 Å². The Labute approximate surface area is 162 Å². The van der Waals surface area contributed by atoms with Crippen LogP contribution in [0.25, 0.3) is 5.82 Å². The molecule has 1 aliphatic heterocycles. The third-order valence-corrected chi connectivity index (χ3v) is 4.46. The number of carbonyl (C=O) groups excluding carboxylic acids is 1. The number of hydrogen-bond donors (Lipinski definition) is 1. The molecule has 0 spiro atoms. The minimum atomic E-state index is -0.243. The first-order valence-electron chi connectivity index (χ1n) is 9.19. The standard InChI is InChI=1S/C20H21N5O3/c1-14-4-9-19(24-23-14)25-18(10-11-21-25)22-20(26)15-5-7-16(8-6-15)28-13-17-3-2-12-27-17/h4-11,17H,2-3,12-13H2,1H3,(H,22,26). The predicted octanol–water partition coefficient (Wildman–Crippen LogP) is 2.78. The predicted molar refractivity (Wildman–Crippen MR) is 103 cm³/mol. The molecule has 144 valence electrons. The fourth-order valence-electron chi connectivity index (χ4n) is 2.94. The number of aryl methyl sites for hydroxylation is 1. The van der Waals surface area contributed by atoms with Crippen molar-refractivity contribution in [3.63, 3.8) is 0 Å². The highest BCUT2D eigenvalue weighted by Gasteiger charge is 2.16. The Morgan fingerprint density at radius 1 is 1.21 bits per heavy atom. The van der Waals surface area contributed by atoms with Crippen LogP contribution in [-0.2, 0) is 4.74 Å². The fourth-order valence-corrected chi connectivity index (χ4v) is 2.94. The third-order valence-electron chi connectivity index (χ3n) is 4.46. The topological polar surface area (TPSA) is 91.2 Å². The number of nitrogens with one attached hydrogen (secondary N) is 1. The quantitative estimate of drug-likeness (QED) is 0.708. The molecule has 1 amide bonds. The van der Waals surface area contributed by atoms with E-state index in [4.69, 9.17) is 9.47 Å². The van der Waals surface area contributed by atoms with Gasteiger partial charge in [0.05, 0.1) is 18.0 Å². The van der Waals surface area contributed by atoms with Gasteiger partial charge in [0.2, 0.25) is 0 Å². The van der Waals surface area contributed by atoms with Crippen LogP contribution in [0.3, 0.4) is 0 Å². The average molecular weight is 379 g/mol. The van der Waals surface area contributed by atoms with Crippen LogP contribution in [0.5, 0.6) is 5.75 Å². The maximum Gasteiger partial charge on any atom is 0.256 e. The van der Waals surface area contributed by atoms with Gasteiger partial charge in [-0.15, -0.1) is 5.10 Å². The summed E-state index contributed by atoms with van der Waals surface area (Å²) in [5.41, 5.74) is 1.33. The lowest BCUT2D eigenvalue weighted by Crippen LogP contribution is -2.17. The normalized spacial score (nSPS) is 16.1. The van der Waals surface area contributed by atoms with E-state index < -0.39 is 0 Å². The van der Waals surface area contributed by atoms with E-state index in [1.807, 2.05) is 13.0 Å². The van der Waals surface area contributed by atoms with E-state index in [0.29, 0.717) is 29.6 Å². The van der Waals surface area contributed by atoms with Crippen LogP contribution in [0, 0.1) is 6.92 Å². The van der Waals surface area contributed by atoms with Crippen LogP contribution >= 0.6 is 0 Å². The SMILES string of the molecule is Cc1ccc(-n2nccc2NC(=O)c2ccc(OCC3CCCO3)cc2)nn1. The van der Waals surface area contributed by atoms with Gasteiger partial charge in [0.25, 0.3) is 5.91 Å². The van der Waals surface area contributed by atoms with Gasteiger partial charge in [-0.1, -0.05) is 0 Å². The van der Waals surface area contributed by atoms with Crippen LogP contribution in [-0.4, -0.2) is 45.2 Å². The Balaban J connectivity index is 1.40. The van der Waals surface area contributed by atoms with Crippen molar-refractivity contribution in [1.82, 2.24) is 20.0 Å². The number of amides is 1. The molecule has 3 heterocycles. The molecule has 2 aromatic heterocycles. The van der Waals surface area contributed by atoms with Gasteiger partial charge in [0.15, 0.2) is 5.82 Å². The number of nitrogens with zero attached hydrogens (tertiary/aromatic N) is 4. The zero-order valence-corrected chi connectivity index (χ0v) is 15.5. The lowest BCUT2D eigenvalue weighted by atomic mass is 10.2. The monoisotopic (exact) mass is 379 g/mol. The van der Waals surface area contributed by atoms with Crippen LogP contribution in [0.15, 0.2) is 48.7 Å². The molecule has 0 radical (unpaired) electrons. The van der Waals surface area contributed by atoms with Gasteiger partial charge in [0.1, 0.15) is 18.2 Å². The van der Waals surface area contributed by atoms with E-state index in [1.54, 1.807) is 42.6 Å². The first-order chi connectivity index (χ1) is 13.7. The smallest absolute Gasteiger partial charge is 0.256 e. The zero-order chi connectivity index (χ0) is 19.3. The molecule has 1 aliphatic rings. The maximum atomic E-state index is 12.6. The maximum absolute atomic E-state index is 12.6. The average Bonchev–Trinajstić information content (AvgIpc) is 3.39. The van der Waals surface area contributed by atoms with Crippen molar-refractivity contribution in [1.29, 1.82) is 0 Å². The second kappa shape index (κ2) is 8.18. The molecular weight excluding hydrogens is 358 g/mol. The molecule has 3 aromatic rings. The van der Waals surface area contributed by atoms with E-state index in [-0.39, 0.29) is 12.0 Å². The van der Waals surface area contributed by atoms with Crippen molar-refractivity contribution in [3.8, 4) is 11.6 Å². The van der Waals surface area contributed by atoms with Gasteiger partial charge in [-0.25, -0.2) is 0 Å². The number of hydrogen-bond acceptors (Lipinski definition) is 6. The first-order valence-corrected chi connectivity index (χ1v) is 9.19. The molecule has 1 aromatic carbocycles. The molecule has 8 nitrogen and oxygen atoms in total. The minimum absolute atomic E-state index is 0.160. The lowest BCUT2D eigenvalue weighted by Gasteiger charge is -2.12. The molecule has 1 unspecified atom stereocenters. The molecule has 4 rings (SSSR count). The van der Waals surface area contributed by atoms with E-state index in [2.05, 4.69) is 20.6 Å². The van der Waals surface area contributed by atoms with Crippen molar-refractivity contribution in [2.45, 2.75) is 25.9 Å². The summed E-state index contributed by atoms with van der Waals surface area (Å²) in [4.78, 5) is 12.6. The number of anilines is 1. The number of benzene rings is 1. The van der Waals surface area contributed by atoms with Crippen LogP contribution in [0.4, 0.5) is 5.82 Å². The van der Waals surface area contributed by atoms with E-state index >= 15 is 0 Å². The van der Waals surface area contributed by atoms with Gasteiger partial charge >= 0.3 is 0 Å². The van der Waals surface area contributed by atoms with Gasteiger partial charge in [-0.2, -0.15) is 14.9 Å². The van der Waals surface area contributed by atoms with E-state index in [9.17, 15) is 4.79 Å². The Hall–Kier alpha value is -3.26. The van der Waals surface area contributed by atoms with E-state index in [1.165, 1.54) is 4.68 Å². The van der Waals surface area contributed by atoms with Crippen LogP contribution in [0.1, 0.15) is 28.9 Å². The molecular formula is C20H21N5O3. The molecule has 8 heteroatoms. The summed E-state index contributed by atoms with van der Waals surface area (Å²) in [6, 6.07) is 12.4. The van der Waals surface area contributed by atoms with Gasteiger partial charge in [-0.05, 0) is 56.2 Å². The molecule has 0 saturated carbocycles. The number of carbonyl (C=O) groups is 1. The molecule has 0 bridgehead atoms. The van der Waals surface area contributed by atoms with Crippen molar-refractivity contribution in [2.75, 3.05) is 18.5 Å². The van der Waals surface area contributed by atoms with Gasteiger partial charge < -0.3 is 14.8 Å². The second-order valence-electron chi connectivity index (χ2n) is 6.59. The number of ether oxygens (including phenoxy) is 2. The summed E-state index contributed by atoms with van der Waals surface area (Å²) in [5.74, 6) is 1.52. The number of aromatic nitrogens is 4. The summed E-state index contributed by atoms with van der Waals surface area (Å²) in [6.45, 7) is 3.19. The lowest BCUT2D eigenvalue weighted by molar-refractivity contribution is 0.0679. The van der Waals surface area contributed by atoms with Crippen molar-refractivity contribution in [3.05, 3.63) is 59.9 Å². The fraction of sp³-hybridized carbons (Fsp3) is 0.300. The molecule has 1 N–H and O–H groups in total. The Morgan fingerprint density at radius 2 is 2.07 bits per heavy atom. The highest BCUT2D eigenvalue weighted by molar-refractivity contribution is 6.03.